The van der Waals surface area contributed by atoms with Crippen molar-refractivity contribution in [3.63, 3.8) is 0 Å². The summed E-state index contributed by atoms with van der Waals surface area (Å²) in [6, 6.07) is 7.74. The highest BCUT2D eigenvalue weighted by Crippen LogP contribution is 2.39. The maximum atomic E-state index is 12.8. The molecule has 2 aliphatic heterocycles. The van der Waals surface area contributed by atoms with Gasteiger partial charge < -0.3 is 15.0 Å². The van der Waals surface area contributed by atoms with E-state index in [4.69, 9.17) is 9.72 Å². The molecule has 0 spiro atoms. The van der Waals surface area contributed by atoms with Gasteiger partial charge in [-0.1, -0.05) is 24.8 Å². The SMILES string of the molecule is C=C(/C=C1/CN(c2cncc(C3CC3)n2)CC/C1=C/C)CNC(=O)c1ccc2c(c1)C(C#N)COC2. The van der Waals surface area contributed by atoms with Crippen LogP contribution in [-0.4, -0.2) is 42.1 Å². The second-order valence-electron chi connectivity index (χ2n) is 9.68. The number of nitrogens with zero attached hydrogens (tertiary/aromatic N) is 4. The summed E-state index contributed by atoms with van der Waals surface area (Å²) >= 11 is 0. The number of hydrogen-bond acceptors (Lipinski definition) is 6. The molecule has 2 fully saturated rings. The number of amides is 1. The van der Waals surface area contributed by atoms with E-state index >= 15 is 0 Å². The van der Waals surface area contributed by atoms with Gasteiger partial charge in [0.1, 0.15) is 5.82 Å². The Morgan fingerprint density at radius 1 is 1.33 bits per heavy atom. The molecule has 1 saturated carbocycles. The average molecular weight is 482 g/mol. The lowest BCUT2D eigenvalue weighted by molar-refractivity contribution is 0.0952. The van der Waals surface area contributed by atoms with Crippen LogP contribution in [0.2, 0.25) is 0 Å². The predicted octanol–water partition coefficient (Wildman–Crippen LogP) is 4.56. The summed E-state index contributed by atoms with van der Waals surface area (Å²) in [5.74, 6) is 0.974. The fourth-order valence-corrected chi connectivity index (χ4v) is 4.83. The van der Waals surface area contributed by atoms with Gasteiger partial charge in [0.25, 0.3) is 5.91 Å². The molecule has 1 N–H and O–H groups in total. The summed E-state index contributed by atoms with van der Waals surface area (Å²) in [7, 11) is 0. The van der Waals surface area contributed by atoms with Gasteiger partial charge in [-0.15, -0.1) is 0 Å². The summed E-state index contributed by atoms with van der Waals surface area (Å²) in [4.78, 5) is 24.4. The number of ether oxygens (including phenoxy) is 1. The van der Waals surface area contributed by atoms with Gasteiger partial charge in [0.15, 0.2) is 0 Å². The first kappa shape index (κ1) is 24.0. The minimum absolute atomic E-state index is 0.177. The highest BCUT2D eigenvalue weighted by atomic mass is 16.5. The number of carbonyl (C=O) groups excluding carboxylic acids is 1. The summed E-state index contributed by atoms with van der Waals surface area (Å²) in [5.41, 5.74) is 6.80. The number of benzene rings is 1. The summed E-state index contributed by atoms with van der Waals surface area (Å²) in [6.45, 7) is 9.07. The van der Waals surface area contributed by atoms with Crippen LogP contribution in [0.25, 0.3) is 0 Å². The normalized spacial score (nSPS) is 21.7. The Morgan fingerprint density at radius 3 is 2.97 bits per heavy atom. The van der Waals surface area contributed by atoms with Crippen molar-refractivity contribution in [1.29, 1.82) is 5.26 Å². The van der Waals surface area contributed by atoms with E-state index in [0.29, 0.717) is 31.2 Å². The van der Waals surface area contributed by atoms with Crippen LogP contribution >= 0.6 is 0 Å². The van der Waals surface area contributed by atoms with E-state index in [1.54, 1.807) is 6.07 Å². The number of fused-ring (bicyclic) bond motifs is 1. The zero-order valence-electron chi connectivity index (χ0n) is 20.7. The predicted molar refractivity (Wildman–Crippen MR) is 139 cm³/mol. The third kappa shape index (κ3) is 5.24. The minimum Gasteiger partial charge on any atom is -0.375 e. The number of anilines is 1. The largest absolute Gasteiger partial charge is 0.375 e. The molecule has 36 heavy (non-hydrogen) atoms. The van der Waals surface area contributed by atoms with Gasteiger partial charge in [0, 0.05) is 37.3 Å². The molecule has 184 valence electrons. The number of nitrogens with one attached hydrogen (secondary N) is 1. The van der Waals surface area contributed by atoms with Gasteiger partial charge in [0.05, 0.1) is 37.1 Å². The van der Waals surface area contributed by atoms with E-state index in [9.17, 15) is 10.1 Å². The average Bonchev–Trinajstić information content (AvgIpc) is 3.77. The third-order valence-corrected chi connectivity index (χ3v) is 7.07. The maximum absolute atomic E-state index is 12.8. The Bertz CT molecular complexity index is 1280. The van der Waals surface area contributed by atoms with Crippen molar-refractivity contribution in [2.45, 2.75) is 44.6 Å². The van der Waals surface area contributed by atoms with Crippen LogP contribution in [0, 0.1) is 11.3 Å². The molecule has 1 aliphatic carbocycles. The molecule has 7 heteroatoms. The second-order valence-corrected chi connectivity index (χ2v) is 9.68. The number of piperidine rings is 1. The van der Waals surface area contributed by atoms with Crippen molar-refractivity contribution in [2.75, 3.05) is 31.1 Å². The van der Waals surface area contributed by atoms with Crippen LogP contribution < -0.4 is 10.2 Å². The van der Waals surface area contributed by atoms with E-state index in [2.05, 4.69) is 46.9 Å². The van der Waals surface area contributed by atoms with E-state index < -0.39 is 0 Å². The van der Waals surface area contributed by atoms with Crippen molar-refractivity contribution in [3.8, 4) is 6.07 Å². The highest BCUT2D eigenvalue weighted by Gasteiger charge is 2.27. The zero-order chi connectivity index (χ0) is 25.1. The number of nitriles is 1. The first-order valence-electron chi connectivity index (χ1n) is 12.5. The van der Waals surface area contributed by atoms with Crippen molar-refractivity contribution in [2.24, 2.45) is 0 Å². The van der Waals surface area contributed by atoms with Crippen LogP contribution in [0.1, 0.15) is 65.2 Å². The number of rotatable bonds is 6. The van der Waals surface area contributed by atoms with E-state index in [0.717, 1.165) is 47.7 Å². The van der Waals surface area contributed by atoms with Crippen molar-refractivity contribution < 1.29 is 9.53 Å². The molecule has 1 aromatic heterocycles. The van der Waals surface area contributed by atoms with E-state index in [-0.39, 0.29) is 11.8 Å². The van der Waals surface area contributed by atoms with Gasteiger partial charge in [0.2, 0.25) is 0 Å². The Kier molecular flexibility index (Phi) is 6.97. The lowest BCUT2D eigenvalue weighted by Gasteiger charge is -2.31. The molecule has 3 heterocycles. The number of aromatic nitrogens is 2. The van der Waals surface area contributed by atoms with Gasteiger partial charge in [-0.2, -0.15) is 5.26 Å². The molecule has 1 unspecified atom stereocenters. The summed E-state index contributed by atoms with van der Waals surface area (Å²) in [6.07, 6.45) is 11.3. The first-order valence-corrected chi connectivity index (χ1v) is 12.5. The summed E-state index contributed by atoms with van der Waals surface area (Å²) < 4.78 is 5.47. The van der Waals surface area contributed by atoms with Gasteiger partial charge in [-0.05, 0) is 66.2 Å². The molecule has 1 aromatic carbocycles. The van der Waals surface area contributed by atoms with Crippen LogP contribution in [0.5, 0.6) is 0 Å². The first-order chi connectivity index (χ1) is 17.6. The molecule has 5 rings (SSSR count). The van der Waals surface area contributed by atoms with E-state index in [1.165, 1.54) is 24.0 Å². The summed E-state index contributed by atoms with van der Waals surface area (Å²) in [5, 5.41) is 12.4. The number of carbonyl (C=O) groups is 1. The molecule has 1 amide bonds. The fraction of sp³-hybridized carbons (Fsp3) is 0.379. The maximum Gasteiger partial charge on any atom is 0.251 e. The Balaban J connectivity index is 1.24. The molecular formula is C29H31N5O2. The Hall–Kier alpha value is -3.76. The van der Waals surface area contributed by atoms with E-state index in [1.807, 2.05) is 24.5 Å². The van der Waals surface area contributed by atoms with Crippen molar-refractivity contribution >= 4 is 11.7 Å². The topological polar surface area (TPSA) is 91.1 Å². The highest BCUT2D eigenvalue weighted by molar-refractivity contribution is 5.94. The molecule has 1 saturated heterocycles. The molecule has 7 nitrogen and oxygen atoms in total. The molecule has 1 atom stereocenters. The van der Waals surface area contributed by atoms with Gasteiger partial charge >= 0.3 is 0 Å². The van der Waals surface area contributed by atoms with Crippen molar-refractivity contribution in [1.82, 2.24) is 15.3 Å². The number of hydrogen-bond donors (Lipinski definition) is 1. The Morgan fingerprint density at radius 2 is 2.19 bits per heavy atom. The lowest BCUT2D eigenvalue weighted by atomic mass is 9.92. The van der Waals surface area contributed by atoms with Crippen LogP contribution in [-0.2, 0) is 11.3 Å². The monoisotopic (exact) mass is 481 g/mol. The molecular weight excluding hydrogens is 450 g/mol. The lowest BCUT2D eigenvalue weighted by Crippen LogP contribution is -2.33. The minimum atomic E-state index is -0.343. The molecule has 3 aliphatic rings. The quantitative estimate of drug-likeness (QED) is 0.650. The fourth-order valence-electron chi connectivity index (χ4n) is 4.83. The molecule has 0 radical (unpaired) electrons. The third-order valence-electron chi connectivity index (χ3n) is 7.07. The van der Waals surface area contributed by atoms with Gasteiger partial charge in [-0.25, -0.2) is 4.98 Å². The van der Waals surface area contributed by atoms with Crippen LogP contribution in [0.15, 0.2) is 66.0 Å². The Labute approximate surface area is 212 Å². The van der Waals surface area contributed by atoms with Crippen LogP contribution in [0.3, 0.4) is 0 Å². The smallest absolute Gasteiger partial charge is 0.251 e. The molecule has 2 aromatic rings. The van der Waals surface area contributed by atoms with Gasteiger partial charge in [-0.3, -0.25) is 9.78 Å². The molecule has 0 bridgehead atoms. The zero-order valence-corrected chi connectivity index (χ0v) is 20.7. The second kappa shape index (κ2) is 10.5. The van der Waals surface area contributed by atoms with Crippen LogP contribution in [0.4, 0.5) is 5.82 Å². The standard InChI is InChI=1S/C29H31N5O2/c1-3-20-8-9-34(28-15-31-14-27(33-28)21-4-5-21)16-24(20)10-19(2)13-32-29(35)22-6-7-23-17-36-18-25(12-30)26(23)11-22/h3,6-7,10-11,14-15,21,25H,2,4-5,8-9,13,16-18H2,1H3,(H,32,35)/b20-3-,24-10-. The number of allylic oxidation sites excluding steroid dienone is 1. The van der Waals surface area contributed by atoms with Crippen molar-refractivity contribution in [3.05, 3.63) is 88.4 Å².